The van der Waals surface area contributed by atoms with E-state index in [1.165, 1.54) is 5.56 Å². The van der Waals surface area contributed by atoms with Crippen LogP contribution in [-0.2, 0) is 10.3 Å². The highest BCUT2D eigenvalue weighted by Gasteiger charge is 2.22. The maximum atomic E-state index is 11.5. The minimum atomic E-state index is -0.333. The van der Waals surface area contributed by atoms with E-state index in [-0.39, 0.29) is 11.4 Å². The molecule has 0 aliphatic heterocycles. The number of amides is 1. The lowest BCUT2D eigenvalue weighted by Gasteiger charge is -2.27. The SMILES string of the molecule is CNCC(=O)NC(C)(C)c1cccc(C)c1. The summed E-state index contributed by atoms with van der Waals surface area (Å²) in [6.07, 6.45) is 0. The first-order valence-corrected chi connectivity index (χ1v) is 5.48. The number of carbonyl (C=O) groups excluding carboxylic acids is 1. The molecule has 0 fully saturated rings. The smallest absolute Gasteiger partial charge is 0.234 e. The molecule has 2 N–H and O–H groups in total. The van der Waals surface area contributed by atoms with Crippen LogP contribution in [-0.4, -0.2) is 19.5 Å². The fraction of sp³-hybridized carbons (Fsp3) is 0.462. The van der Waals surface area contributed by atoms with Crippen molar-refractivity contribution < 1.29 is 4.79 Å². The quantitative estimate of drug-likeness (QED) is 0.808. The van der Waals surface area contributed by atoms with Crippen molar-refractivity contribution in [3.05, 3.63) is 35.4 Å². The maximum Gasteiger partial charge on any atom is 0.234 e. The van der Waals surface area contributed by atoms with E-state index < -0.39 is 0 Å². The van der Waals surface area contributed by atoms with Crippen molar-refractivity contribution in [2.75, 3.05) is 13.6 Å². The lowest BCUT2D eigenvalue weighted by atomic mass is 9.93. The van der Waals surface area contributed by atoms with Crippen molar-refractivity contribution in [2.45, 2.75) is 26.3 Å². The molecule has 16 heavy (non-hydrogen) atoms. The third kappa shape index (κ3) is 3.35. The van der Waals surface area contributed by atoms with Crippen LogP contribution in [0.2, 0.25) is 0 Å². The highest BCUT2D eigenvalue weighted by atomic mass is 16.2. The maximum absolute atomic E-state index is 11.5. The minimum absolute atomic E-state index is 0.00834. The fourth-order valence-electron chi connectivity index (χ4n) is 1.66. The molecule has 0 spiro atoms. The second-order valence-electron chi connectivity index (χ2n) is 4.57. The van der Waals surface area contributed by atoms with Crippen LogP contribution in [0.5, 0.6) is 0 Å². The average Bonchev–Trinajstić information content (AvgIpc) is 2.17. The summed E-state index contributed by atoms with van der Waals surface area (Å²) in [5.41, 5.74) is 1.99. The number of nitrogens with one attached hydrogen (secondary N) is 2. The van der Waals surface area contributed by atoms with E-state index in [1.54, 1.807) is 7.05 Å². The zero-order chi connectivity index (χ0) is 12.2. The number of benzene rings is 1. The van der Waals surface area contributed by atoms with Crippen molar-refractivity contribution >= 4 is 5.91 Å². The molecule has 0 heterocycles. The molecule has 0 saturated carbocycles. The van der Waals surface area contributed by atoms with Crippen LogP contribution in [0, 0.1) is 6.92 Å². The minimum Gasteiger partial charge on any atom is -0.346 e. The molecule has 1 aromatic carbocycles. The molecule has 0 aliphatic rings. The zero-order valence-electron chi connectivity index (χ0n) is 10.4. The molecule has 0 saturated heterocycles. The highest BCUT2D eigenvalue weighted by Crippen LogP contribution is 2.20. The predicted molar refractivity (Wildman–Crippen MR) is 66.3 cm³/mol. The molecule has 0 bridgehead atoms. The normalized spacial score (nSPS) is 11.2. The van der Waals surface area contributed by atoms with E-state index >= 15 is 0 Å². The van der Waals surface area contributed by atoms with Gasteiger partial charge in [0.05, 0.1) is 12.1 Å². The van der Waals surface area contributed by atoms with Crippen LogP contribution < -0.4 is 10.6 Å². The van der Waals surface area contributed by atoms with Crippen molar-refractivity contribution in [2.24, 2.45) is 0 Å². The van der Waals surface area contributed by atoms with Crippen molar-refractivity contribution in [1.29, 1.82) is 0 Å². The van der Waals surface area contributed by atoms with Crippen molar-refractivity contribution in [1.82, 2.24) is 10.6 Å². The predicted octanol–water partition coefficient (Wildman–Crippen LogP) is 1.57. The molecule has 1 rings (SSSR count). The van der Waals surface area contributed by atoms with Gasteiger partial charge in [0.1, 0.15) is 0 Å². The Morgan fingerprint density at radius 2 is 2.06 bits per heavy atom. The Kier molecular flexibility index (Phi) is 4.07. The highest BCUT2D eigenvalue weighted by molar-refractivity contribution is 5.78. The summed E-state index contributed by atoms with van der Waals surface area (Å²) >= 11 is 0. The lowest BCUT2D eigenvalue weighted by Crippen LogP contribution is -2.44. The van der Waals surface area contributed by atoms with Gasteiger partial charge in [0.25, 0.3) is 0 Å². The largest absolute Gasteiger partial charge is 0.346 e. The summed E-state index contributed by atoms with van der Waals surface area (Å²) in [5.74, 6) is 0.00834. The van der Waals surface area contributed by atoms with Gasteiger partial charge in [-0.05, 0) is 33.4 Å². The van der Waals surface area contributed by atoms with Crippen molar-refractivity contribution in [3.63, 3.8) is 0 Å². The van der Waals surface area contributed by atoms with Crippen LogP contribution in [0.15, 0.2) is 24.3 Å². The van der Waals surface area contributed by atoms with Gasteiger partial charge in [0, 0.05) is 0 Å². The van der Waals surface area contributed by atoms with E-state index in [0.29, 0.717) is 6.54 Å². The molecule has 1 aromatic rings. The Morgan fingerprint density at radius 1 is 1.38 bits per heavy atom. The molecule has 3 heteroatoms. The Balaban J connectivity index is 2.81. The molecule has 0 radical (unpaired) electrons. The standard InChI is InChI=1S/C13H20N2O/c1-10-6-5-7-11(8-10)13(2,3)15-12(16)9-14-4/h5-8,14H,9H2,1-4H3,(H,15,16). The molecular weight excluding hydrogens is 200 g/mol. The lowest BCUT2D eigenvalue weighted by molar-refractivity contribution is -0.121. The molecule has 1 amide bonds. The third-order valence-corrected chi connectivity index (χ3v) is 2.53. The second-order valence-corrected chi connectivity index (χ2v) is 4.57. The number of rotatable bonds is 4. The van der Waals surface area contributed by atoms with Gasteiger partial charge in [0.15, 0.2) is 0 Å². The van der Waals surface area contributed by atoms with Gasteiger partial charge in [-0.15, -0.1) is 0 Å². The van der Waals surface area contributed by atoms with Gasteiger partial charge in [-0.2, -0.15) is 0 Å². The third-order valence-electron chi connectivity index (χ3n) is 2.53. The first kappa shape index (κ1) is 12.7. The van der Waals surface area contributed by atoms with Crippen LogP contribution in [0.25, 0.3) is 0 Å². The van der Waals surface area contributed by atoms with Gasteiger partial charge < -0.3 is 10.6 Å². The monoisotopic (exact) mass is 220 g/mol. The molecule has 0 atom stereocenters. The number of aryl methyl sites for hydroxylation is 1. The Labute approximate surface area is 97.2 Å². The fourth-order valence-corrected chi connectivity index (χ4v) is 1.66. The Morgan fingerprint density at radius 3 is 2.62 bits per heavy atom. The van der Waals surface area contributed by atoms with Gasteiger partial charge in [0.2, 0.25) is 5.91 Å². The topological polar surface area (TPSA) is 41.1 Å². The second kappa shape index (κ2) is 5.12. The molecular formula is C13H20N2O. The summed E-state index contributed by atoms with van der Waals surface area (Å²) < 4.78 is 0. The summed E-state index contributed by atoms with van der Waals surface area (Å²) in [6.45, 7) is 6.41. The zero-order valence-corrected chi connectivity index (χ0v) is 10.4. The summed E-state index contributed by atoms with van der Waals surface area (Å²) in [7, 11) is 1.76. The summed E-state index contributed by atoms with van der Waals surface area (Å²) in [4.78, 5) is 11.5. The number of carbonyl (C=O) groups is 1. The Bertz CT molecular complexity index is 372. The van der Waals surface area contributed by atoms with Crippen LogP contribution in [0.1, 0.15) is 25.0 Å². The number of hydrogen-bond donors (Lipinski definition) is 2. The first-order valence-electron chi connectivity index (χ1n) is 5.48. The van der Waals surface area contributed by atoms with Crippen LogP contribution in [0.4, 0.5) is 0 Å². The Hall–Kier alpha value is -1.35. The molecule has 3 nitrogen and oxygen atoms in total. The molecule has 0 aliphatic carbocycles. The van der Waals surface area contributed by atoms with Gasteiger partial charge in [-0.25, -0.2) is 0 Å². The number of likely N-dealkylation sites (N-methyl/N-ethyl adjacent to an activating group) is 1. The molecule has 0 aromatic heterocycles. The van der Waals surface area contributed by atoms with Gasteiger partial charge >= 0.3 is 0 Å². The van der Waals surface area contributed by atoms with E-state index in [9.17, 15) is 4.79 Å². The summed E-state index contributed by atoms with van der Waals surface area (Å²) in [5, 5.41) is 5.84. The number of hydrogen-bond acceptors (Lipinski definition) is 2. The summed E-state index contributed by atoms with van der Waals surface area (Å²) in [6, 6.07) is 8.19. The van der Waals surface area contributed by atoms with Crippen LogP contribution >= 0.6 is 0 Å². The van der Waals surface area contributed by atoms with E-state index in [0.717, 1.165) is 5.56 Å². The van der Waals surface area contributed by atoms with Gasteiger partial charge in [-0.1, -0.05) is 29.8 Å². The van der Waals surface area contributed by atoms with Crippen LogP contribution in [0.3, 0.4) is 0 Å². The first-order chi connectivity index (χ1) is 7.45. The van der Waals surface area contributed by atoms with Gasteiger partial charge in [-0.3, -0.25) is 4.79 Å². The molecule has 88 valence electrons. The molecule has 0 unspecified atom stereocenters. The van der Waals surface area contributed by atoms with E-state index in [2.05, 4.69) is 29.7 Å². The van der Waals surface area contributed by atoms with E-state index in [1.807, 2.05) is 26.0 Å². The van der Waals surface area contributed by atoms with Crippen molar-refractivity contribution in [3.8, 4) is 0 Å². The van der Waals surface area contributed by atoms with E-state index in [4.69, 9.17) is 0 Å². The average molecular weight is 220 g/mol.